The Balaban J connectivity index is 2.31. The SMILES string of the molecule is CCCCCCCC/C=C\CCCCCCCC(=O)N(C)C(C)C(CNC(=O)C1OC(C)(C)OCC1(C)C)C(=O)O. The maximum absolute atomic E-state index is 13.0. The summed E-state index contributed by atoms with van der Waals surface area (Å²) in [5.74, 6) is -3.31. The molecule has 238 valence electrons. The topological polar surface area (TPSA) is 105 Å². The number of nitrogens with one attached hydrogen (secondary N) is 1. The van der Waals surface area contributed by atoms with Gasteiger partial charge in [-0.2, -0.15) is 0 Å². The van der Waals surface area contributed by atoms with E-state index in [0.717, 1.165) is 32.1 Å². The van der Waals surface area contributed by atoms with Gasteiger partial charge in [-0.3, -0.25) is 14.4 Å². The Morgan fingerprint density at radius 1 is 0.927 bits per heavy atom. The molecular formula is C33H60N2O6. The summed E-state index contributed by atoms with van der Waals surface area (Å²) in [7, 11) is 1.65. The van der Waals surface area contributed by atoms with E-state index in [1.54, 1.807) is 27.8 Å². The molecule has 3 atom stereocenters. The molecule has 0 saturated carbocycles. The molecule has 0 spiro atoms. The minimum absolute atomic E-state index is 0.0663. The fraction of sp³-hybridized carbons (Fsp3) is 0.848. The zero-order valence-electron chi connectivity index (χ0n) is 27.1. The van der Waals surface area contributed by atoms with Crippen LogP contribution in [0.5, 0.6) is 0 Å². The predicted molar refractivity (Wildman–Crippen MR) is 165 cm³/mol. The molecule has 0 radical (unpaired) electrons. The molecule has 0 aromatic heterocycles. The van der Waals surface area contributed by atoms with Crippen molar-refractivity contribution in [1.29, 1.82) is 0 Å². The van der Waals surface area contributed by atoms with Crippen molar-refractivity contribution in [3.8, 4) is 0 Å². The zero-order chi connectivity index (χ0) is 30.9. The highest BCUT2D eigenvalue weighted by atomic mass is 16.7. The molecule has 1 saturated heterocycles. The van der Waals surface area contributed by atoms with E-state index in [9.17, 15) is 19.5 Å². The van der Waals surface area contributed by atoms with E-state index in [0.29, 0.717) is 13.0 Å². The molecule has 1 aliphatic rings. The van der Waals surface area contributed by atoms with Crippen molar-refractivity contribution in [1.82, 2.24) is 10.2 Å². The summed E-state index contributed by atoms with van der Waals surface area (Å²) in [6, 6.07) is -0.566. The van der Waals surface area contributed by atoms with Crippen molar-refractivity contribution in [2.24, 2.45) is 11.3 Å². The fourth-order valence-electron chi connectivity index (χ4n) is 5.11. The number of unbranched alkanes of at least 4 members (excludes halogenated alkanes) is 11. The third-order valence-corrected chi connectivity index (χ3v) is 8.19. The van der Waals surface area contributed by atoms with Crippen molar-refractivity contribution >= 4 is 17.8 Å². The highest BCUT2D eigenvalue weighted by molar-refractivity contribution is 5.83. The Hall–Kier alpha value is -1.93. The number of amides is 2. The van der Waals surface area contributed by atoms with Crippen molar-refractivity contribution in [3.05, 3.63) is 12.2 Å². The molecule has 0 aromatic rings. The second kappa shape index (κ2) is 19.3. The lowest BCUT2D eigenvalue weighted by atomic mass is 9.85. The van der Waals surface area contributed by atoms with Gasteiger partial charge in [0.2, 0.25) is 11.8 Å². The number of hydrogen-bond donors (Lipinski definition) is 2. The first-order valence-electron chi connectivity index (χ1n) is 16.1. The molecule has 1 aliphatic heterocycles. The summed E-state index contributed by atoms with van der Waals surface area (Å²) >= 11 is 0. The zero-order valence-corrected chi connectivity index (χ0v) is 27.1. The van der Waals surface area contributed by atoms with Gasteiger partial charge in [0.25, 0.3) is 0 Å². The minimum Gasteiger partial charge on any atom is -0.481 e. The van der Waals surface area contributed by atoms with E-state index < -0.39 is 35.2 Å². The number of carboxylic acids is 1. The summed E-state index contributed by atoms with van der Waals surface area (Å²) in [4.78, 5) is 39.3. The smallest absolute Gasteiger partial charge is 0.310 e. The molecule has 8 nitrogen and oxygen atoms in total. The van der Waals surface area contributed by atoms with Crippen molar-refractivity contribution < 1.29 is 29.0 Å². The summed E-state index contributed by atoms with van der Waals surface area (Å²) in [6.45, 7) is 11.5. The van der Waals surface area contributed by atoms with Gasteiger partial charge in [-0.15, -0.1) is 0 Å². The van der Waals surface area contributed by atoms with Crippen LogP contribution >= 0.6 is 0 Å². The van der Waals surface area contributed by atoms with Crippen LogP contribution in [-0.4, -0.2) is 65.9 Å². The number of ether oxygens (including phenoxy) is 2. The Bertz CT molecular complexity index is 810. The molecule has 0 aliphatic carbocycles. The van der Waals surface area contributed by atoms with E-state index >= 15 is 0 Å². The molecule has 0 bridgehead atoms. The maximum atomic E-state index is 13.0. The van der Waals surface area contributed by atoms with Gasteiger partial charge in [0.05, 0.1) is 12.5 Å². The molecular weight excluding hydrogens is 520 g/mol. The van der Waals surface area contributed by atoms with Crippen LogP contribution in [0.1, 0.15) is 131 Å². The van der Waals surface area contributed by atoms with Gasteiger partial charge < -0.3 is 24.8 Å². The van der Waals surface area contributed by atoms with Crippen LogP contribution in [0.3, 0.4) is 0 Å². The van der Waals surface area contributed by atoms with Crippen LogP contribution in [0.25, 0.3) is 0 Å². The van der Waals surface area contributed by atoms with Crippen molar-refractivity contribution in [2.75, 3.05) is 20.2 Å². The van der Waals surface area contributed by atoms with E-state index in [1.165, 1.54) is 56.3 Å². The van der Waals surface area contributed by atoms with Gasteiger partial charge in [0.1, 0.15) is 6.10 Å². The van der Waals surface area contributed by atoms with Crippen LogP contribution in [0.4, 0.5) is 0 Å². The predicted octanol–water partition coefficient (Wildman–Crippen LogP) is 6.87. The molecule has 1 fully saturated rings. The summed E-state index contributed by atoms with van der Waals surface area (Å²) < 4.78 is 11.5. The second-order valence-corrected chi connectivity index (χ2v) is 12.9. The quantitative estimate of drug-likeness (QED) is 0.113. The van der Waals surface area contributed by atoms with Gasteiger partial charge in [-0.05, 0) is 52.9 Å². The molecule has 2 amide bonds. The Morgan fingerprint density at radius 3 is 2.02 bits per heavy atom. The lowest BCUT2D eigenvalue weighted by Crippen LogP contribution is -2.57. The van der Waals surface area contributed by atoms with Gasteiger partial charge in [-0.25, -0.2) is 0 Å². The van der Waals surface area contributed by atoms with E-state index in [4.69, 9.17) is 9.47 Å². The van der Waals surface area contributed by atoms with Gasteiger partial charge in [0, 0.05) is 31.5 Å². The molecule has 41 heavy (non-hydrogen) atoms. The Kier molecular flexibility index (Phi) is 17.5. The standard InChI is InChI=1S/C33H60N2O6/c1-8-9-10-11-12-13-14-15-16-17-18-19-20-21-22-23-28(36)35(7)26(2)27(31(38)39)24-34-30(37)29-32(3,4)25-40-33(5,6)41-29/h15-16,26-27,29H,8-14,17-25H2,1-7H3,(H,34,37)(H,38,39)/b16-15-. The highest BCUT2D eigenvalue weighted by Crippen LogP contribution is 2.35. The first-order valence-corrected chi connectivity index (χ1v) is 16.1. The van der Waals surface area contributed by atoms with Crippen LogP contribution in [0, 0.1) is 11.3 Å². The van der Waals surface area contributed by atoms with Crippen molar-refractivity contribution in [3.63, 3.8) is 0 Å². The third kappa shape index (κ3) is 14.7. The number of rotatable bonds is 21. The molecule has 8 heteroatoms. The molecule has 2 N–H and O–H groups in total. The summed E-state index contributed by atoms with van der Waals surface area (Å²) in [5, 5.41) is 12.6. The lowest BCUT2D eigenvalue weighted by molar-refractivity contribution is -0.304. The fourth-order valence-corrected chi connectivity index (χ4v) is 5.11. The summed E-state index contributed by atoms with van der Waals surface area (Å²) in [6.07, 6.45) is 19.8. The van der Waals surface area contributed by atoms with Gasteiger partial charge >= 0.3 is 5.97 Å². The minimum atomic E-state index is -1.05. The Morgan fingerprint density at radius 2 is 1.46 bits per heavy atom. The average molecular weight is 581 g/mol. The number of nitrogens with zero attached hydrogens (tertiary/aromatic N) is 1. The number of allylic oxidation sites excluding steroid dienone is 2. The maximum Gasteiger partial charge on any atom is 0.310 e. The van der Waals surface area contributed by atoms with E-state index in [2.05, 4.69) is 24.4 Å². The van der Waals surface area contributed by atoms with E-state index in [1.807, 2.05) is 13.8 Å². The number of aliphatic carboxylic acids is 1. The third-order valence-electron chi connectivity index (χ3n) is 8.19. The molecule has 0 aromatic carbocycles. The number of carboxylic acid groups (broad SMARTS) is 1. The van der Waals surface area contributed by atoms with Crippen LogP contribution in [0.2, 0.25) is 0 Å². The van der Waals surface area contributed by atoms with Gasteiger partial charge in [-0.1, -0.05) is 84.3 Å². The van der Waals surface area contributed by atoms with Gasteiger partial charge in [0.15, 0.2) is 5.79 Å². The lowest BCUT2D eigenvalue weighted by Gasteiger charge is -2.44. The van der Waals surface area contributed by atoms with Crippen molar-refractivity contribution in [2.45, 2.75) is 149 Å². The number of carbonyl (C=O) groups excluding carboxylic acids is 2. The second-order valence-electron chi connectivity index (χ2n) is 12.9. The normalized spacial score (nSPS) is 19.5. The van der Waals surface area contributed by atoms with Crippen LogP contribution in [-0.2, 0) is 23.9 Å². The largest absolute Gasteiger partial charge is 0.481 e. The average Bonchev–Trinajstić information content (AvgIpc) is 2.91. The highest BCUT2D eigenvalue weighted by Gasteiger charge is 2.46. The molecule has 1 rings (SSSR count). The first kappa shape index (κ1) is 37.1. The molecule has 1 heterocycles. The first-order chi connectivity index (χ1) is 19.3. The summed E-state index contributed by atoms with van der Waals surface area (Å²) in [5.41, 5.74) is -0.555. The Labute approximate surface area is 250 Å². The number of hydrogen-bond acceptors (Lipinski definition) is 5. The number of carbonyl (C=O) groups is 3. The van der Waals surface area contributed by atoms with Crippen LogP contribution < -0.4 is 5.32 Å². The molecule has 3 unspecified atom stereocenters. The van der Waals surface area contributed by atoms with Crippen LogP contribution in [0.15, 0.2) is 12.2 Å². The monoisotopic (exact) mass is 580 g/mol. The van der Waals surface area contributed by atoms with E-state index in [-0.39, 0.29) is 18.4 Å².